The van der Waals surface area contributed by atoms with E-state index in [4.69, 9.17) is 5.11 Å². The number of aromatic carboxylic acids is 1. The molecular weight excluding hydrogens is 315 g/mol. The lowest BCUT2D eigenvalue weighted by atomic mass is 10.1. The molecule has 0 amide bonds. The van der Waals surface area contributed by atoms with Crippen LogP contribution in [0.2, 0.25) is 0 Å². The fourth-order valence-electron chi connectivity index (χ4n) is 1.84. The summed E-state index contributed by atoms with van der Waals surface area (Å²) in [4.78, 5) is 11.8. The molecule has 2 N–H and O–H groups in total. The summed E-state index contributed by atoms with van der Waals surface area (Å²) in [7, 11) is 0. The molecule has 2 rings (SSSR count). The zero-order valence-electron chi connectivity index (χ0n) is 11.5. The van der Waals surface area contributed by atoms with Crippen LogP contribution in [0.4, 0.5) is 24.5 Å². The van der Waals surface area contributed by atoms with E-state index in [1.165, 1.54) is 23.9 Å². The van der Waals surface area contributed by atoms with E-state index >= 15 is 0 Å². The Labute approximate surface area is 129 Å². The Kier molecular flexibility index (Phi) is 4.97. The largest absolute Gasteiger partial charge is 0.478 e. The number of rotatable bonds is 5. The highest BCUT2D eigenvalue weighted by molar-refractivity contribution is 7.99. The van der Waals surface area contributed by atoms with E-state index in [9.17, 15) is 18.0 Å². The van der Waals surface area contributed by atoms with Gasteiger partial charge in [0.15, 0.2) is 11.6 Å². The van der Waals surface area contributed by atoms with Gasteiger partial charge in [-0.05, 0) is 36.1 Å². The molecule has 0 saturated carbocycles. The number of benzene rings is 2. The first-order valence-corrected chi connectivity index (χ1v) is 7.33. The monoisotopic (exact) mass is 327 g/mol. The number of carboxylic acid groups (broad SMARTS) is 1. The Bertz CT molecular complexity index is 722. The first kappa shape index (κ1) is 16.2. The van der Waals surface area contributed by atoms with E-state index in [1.807, 2.05) is 6.92 Å². The third kappa shape index (κ3) is 3.36. The van der Waals surface area contributed by atoms with Gasteiger partial charge in [0.1, 0.15) is 5.82 Å². The van der Waals surface area contributed by atoms with Crippen LogP contribution < -0.4 is 5.32 Å². The van der Waals surface area contributed by atoms with Gasteiger partial charge in [0.05, 0.1) is 16.9 Å². The first-order valence-electron chi connectivity index (χ1n) is 6.34. The lowest BCUT2D eigenvalue weighted by Crippen LogP contribution is -2.07. The Balaban J connectivity index is 2.42. The zero-order chi connectivity index (χ0) is 16.3. The predicted molar refractivity (Wildman–Crippen MR) is 79.4 cm³/mol. The van der Waals surface area contributed by atoms with Crippen LogP contribution in [0.25, 0.3) is 0 Å². The summed E-state index contributed by atoms with van der Waals surface area (Å²) in [5.74, 6) is -3.95. The minimum Gasteiger partial charge on any atom is -0.478 e. The van der Waals surface area contributed by atoms with Gasteiger partial charge in [0.2, 0.25) is 0 Å². The van der Waals surface area contributed by atoms with E-state index in [-0.39, 0.29) is 5.69 Å². The molecule has 116 valence electrons. The number of anilines is 2. The highest BCUT2D eigenvalue weighted by atomic mass is 32.2. The van der Waals surface area contributed by atoms with Crippen molar-refractivity contribution in [2.45, 2.75) is 11.8 Å². The number of halogens is 3. The lowest BCUT2D eigenvalue weighted by Gasteiger charge is -2.12. The third-order valence-electron chi connectivity index (χ3n) is 2.84. The maximum absolute atomic E-state index is 14.0. The fraction of sp³-hybridized carbons (Fsp3) is 0.133. The Morgan fingerprint density at radius 2 is 1.91 bits per heavy atom. The molecule has 0 aromatic heterocycles. The average molecular weight is 327 g/mol. The van der Waals surface area contributed by atoms with Crippen LogP contribution >= 0.6 is 11.8 Å². The SMILES string of the molecule is CCSc1ccc(Nc2c(C(=O)O)ccc(F)c2F)c(F)c1. The standard InChI is InChI=1S/C15H12F3NO2S/c1-2-22-8-3-6-12(11(17)7-8)19-14-9(15(20)21)4-5-10(16)13(14)18/h3-7,19H,2H2,1H3,(H,20,21). The molecular formula is C15H12F3NO2S. The summed E-state index contributed by atoms with van der Waals surface area (Å²) >= 11 is 1.42. The van der Waals surface area contributed by atoms with Crippen molar-refractivity contribution < 1.29 is 23.1 Å². The van der Waals surface area contributed by atoms with Crippen molar-refractivity contribution >= 4 is 29.1 Å². The van der Waals surface area contributed by atoms with Gasteiger partial charge in [0.25, 0.3) is 0 Å². The third-order valence-corrected chi connectivity index (χ3v) is 3.71. The van der Waals surface area contributed by atoms with Gasteiger partial charge >= 0.3 is 5.97 Å². The molecule has 7 heteroatoms. The van der Waals surface area contributed by atoms with Crippen LogP contribution in [0.5, 0.6) is 0 Å². The van der Waals surface area contributed by atoms with E-state index in [0.717, 1.165) is 11.8 Å². The zero-order valence-corrected chi connectivity index (χ0v) is 12.3. The van der Waals surface area contributed by atoms with E-state index in [2.05, 4.69) is 5.32 Å². The molecule has 2 aromatic carbocycles. The van der Waals surface area contributed by atoms with Crippen LogP contribution in [0.1, 0.15) is 17.3 Å². The van der Waals surface area contributed by atoms with Crippen LogP contribution in [0.15, 0.2) is 35.2 Å². The fourth-order valence-corrected chi connectivity index (χ4v) is 2.52. The molecule has 0 bridgehead atoms. The normalized spacial score (nSPS) is 10.5. The second-order valence-corrected chi connectivity index (χ2v) is 5.63. The predicted octanol–water partition coefficient (Wildman–Crippen LogP) is 4.66. The number of hydrogen-bond acceptors (Lipinski definition) is 3. The Morgan fingerprint density at radius 3 is 2.50 bits per heavy atom. The van der Waals surface area contributed by atoms with Gasteiger partial charge in [-0.2, -0.15) is 0 Å². The summed E-state index contributed by atoms with van der Waals surface area (Å²) < 4.78 is 41.1. The van der Waals surface area contributed by atoms with Gasteiger partial charge in [-0.3, -0.25) is 0 Å². The van der Waals surface area contributed by atoms with Crippen LogP contribution in [-0.4, -0.2) is 16.8 Å². The Hall–Kier alpha value is -2.15. The number of nitrogens with one attached hydrogen (secondary N) is 1. The molecule has 0 aliphatic rings. The molecule has 0 aliphatic heterocycles. The summed E-state index contributed by atoms with van der Waals surface area (Å²) in [6, 6.07) is 5.83. The smallest absolute Gasteiger partial charge is 0.337 e. The van der Waals surface area contributed by atoms with Crippen molar-refractivity contribution in [2.75, 3.05) is 11.1 Å². The summed E-state index contributed by atoms with van der Waals surface area (Å²) in [6.07, 6.45) is 0. The van der Waals surface area contributed by atoms with Gasteiger partial charge in [-0.1, -0.05) is 6.92 Å². The van der Waals surface area contributed by atoms with Crippen molar-refractivity contribution in [1.82, 2.24) is 0 Å². The van der Waals surface area contributed by atoms with Crippen molar-refractivity contribution in [1.29, 1.82) is 0 Å². The summed E-state index contributed by atoms with van der Waals surface area (Å²) in [5, 5.41) is 11.3. The average Bonchev–Trinajstić information content (AvgIpc) is 2.46. The second-order valence-electron chi connectivity index (χ2n) is 4.29. The summed E-state index contributed by atoms with van der Waals surface area (Å²) in [5.41, 5.74) is -1.22. The number of carboxylic acids is 1. The van der Waals surface area contributed by atoms with Gasteiger partial charge in [0, 0.05) is 4.90 Å². The molecule has 0 heterocycles. The van der Waals surface area contributed by atoms with Gasteiger partial charge in [-0.15, -0.1) is 11.8 Å². The van der Waals surface area contributed by atoms with Crippen LogP contribution in [-0.2, 0) is 0 Å². The molecule has 0 radical (unpaired) electrons. The maximum atomic E-state index is 14.0. The lowest BCUT2D eigenvalue weighted by molar-refractivity contribution is 0.0697. The Morgan fingerprint density at radius 1 is 1.18 bits per heavy atom. The minimum absolute atomic E-state index is 0.132. The minimum atomic E-state index is -1.44. The van der Waals surface area contributed by atoms with E-state index in [0.29, 0.717) is 11.0 Å². The van der Waals surface area contributed by atoms with Gasteiger partial charge < -0.3 is 10.4 Å². The molecule has 0 saturated heterocycles. The molecule has 0 atom stereocenters. The topological polar surface area (TPSA) is 49.3 Å². The number of hydrogen-bond donors (Lipinski definition) is 2. The van der Waals surface area contributed by atoms with Crippen LogP contribution in [0, 0.1) is 17.5 Å². The second kappa shape index (κ2) is 6.74. The van der Waals surface area contributed by atoms with Crippen LogP contribution in [0.3, 0.4) is 0 Å². The highest BCUT2D eigenvalue weighted by Crippen LogP contribution is 2.29. The highest BCUT2D eigenvalue weighted by Gasteiger charge is 2.19. The van der Waals surface area contributed by atoms with E-state index in [1.54, 1.807) is 6.07 Å². The van der Waals surface area contributed by atoms with Gasteiger partial charge in [-0.25, -0.2) is 18.0 Å². The van der Waals surface area contributed by atoms with Crippen molar-refractivity contribution in [3.05, 3.63) is 53.3 Å². The maximum Gasteiger partial charge on any atom is 0.337 e. The molecule has 0 unspecified atom stereocenters. The van der Waals surface area contributed by atoms with E-state index < -0.39 is 34.7 Å². The number of carbonyl (C=O) groups is 1. The summed E-state index contributed by atoms with van der Waals surface area (Å²) in [6.45, 7) is 1.91. The van der Waals surface area contributed by atoms with Crippen molar-refractivity contribution in [3.63, 3.8) is 0 Å². The molecule has 0 fully saturated rings. The quantitative estimate of drug-likeness (QED) is 0.784. The molecule has 0 spiro atoms. The number of thioether (sulfide) groups is 1. The molecule has 2 aromatic rings. The molecule has 22 heavy (non-hydrogen) atoms. The molecule has 0 aliphatic carbocycles. The first-order chi connectivity index (χ1) is 10.4. The van der Waals surface area contributed by atoms with Crippen molar-refractivity contribution in [2.24, 2.45) is 0 Å². The van der Waals surface area contributed by atoms with Crippen molar-refractivity contribution in [3.8, 4) is 0 Å². The molecule has 3 nitrogen and oxygen atoms in total.